The molecule has 3 rings (SSSR count). The van der Waals surface area contributed by atoms with E-state index in [-0.39, 0.29) is 18.1 Å². The van der Waals surface area contributed by atoms with Crippen LogP contribution in [-0.4, -0.2) is 25.8 Å². The average Bonchev–Trinajstić information content (AvgIpc) is 2.17. The maximum Gasteiger partial charge on any atom is 0.323 e. The first-order valence-electron chi connectivity index (χ1n) is 5.97. The molecule has 0 spiro atoms. The zero-order valence-electron chi connectivity index (χ0n) is 9.80. The van der Waals surface area contributed by atoms with Crippen molar-refractivity contribution in [1.82, 2.24) is 0 Å². The van der Waals surface area contributed by atoms with Crippen LogP contribution >= 0.6 is 0 Å². The lowest BCUT2D eigenvalue weighted by atomic mass is 9.32. The number of carbonyl (C=O) groups excluding carboxylic acids is 1. The number of methoxy groups -OCH3 is 1. The SMILES string of the molecule is COC(=O)C(N)C12CC(CCCCF)(C1)C2. The van der Waals surface area contributed by atoms with Crippen molar-refractivity contribution in [3.8, 4) is 0 Å². The van der Waals surface area contributed by atoms with Crippen LogP contribution in [0.4, 0.5) is 4.39 Å². The van der Waals surface area contributed by atoms with E-state index >= 15 is 0 Å². The number of halogens is 1. The minimum absolute atomic E-state index is 0.0167. The van der Waals surface area contributed by atoms with E-state index in [1.54, 1.807) is 0 Å². The quantitative estimate of drug-likeness (QED) is 0.558. The summed E-state index contributed by atoms with van der Waals surface area (Å²) in [6, 6.07) is -0.458. The third-order valence-corrected chi connectivity index (χ3v) is 4.39. The number of rotatable bonds is 6. The first kappa shape index (κ1) is 11.8. The van der Waals surface area contributed by atoms with E-state index < -0.39 is 6.04 Å². The molecule has 1 atom stereocenters. The highest BCUT2D eigenvalue weighted by Crippen LogP contribution is 2.76. The summed E-state index contributed by atoms with van der Waals surface area (Å²) in [4.78, 5) is 11.3. The van der Waals surface area contributed by atoms with Crippen LogP contribution in [0.15, 0.2) is 0 Å². The molecule has 0 saturated heterocycles. The predicted molar refractivity (Wildman–Crippen MR) is 58.5 cm³/mol. The van der Waals surface area contributed by atoms with Gasteiger partial charge >= 0.3 is 5.97 Å². The number of carbonyl (C=O) groups is 1. The van der Waals surface area contributed by atoms with Crippen molar-refractivity contribution in [3.63, 3.8) is 0 Å². The average molecular weight is 229 g/mol. The maximum absolute atomic E-state index is 12.0. The van der Waals surface area contributed by atoms with E-state index in [0.29, 0.717) is 11.8 Å². The van der Waals surface area contributed by atoms with Crippen LogP contribution in [0, 0.1) is 10.8 Å². The smallest absolute Gasteiger partial charge is 0.323 e. The molecule has 1 unspecified atom stereocenters. The highest BCUT2D eigenvalue weighted by molar-refractivity contribution is 5.77. The van der Waals surface area contributed by atoms with E-state index in [9.17, 15) is 9.18 Å². The molecule has 0 radical (unpaired) electrons. The predicted octanol–water partition coefficient (Wildman–Crippen LogP) is 1.80. The van der Waals surface area contributed by atoms with E-state index in [1.165, 1.54) is 7.11 Å². The van der Waals surface area contributed by atoms with Gasteiger partial charge in [0.05, 0.1) is 13.8 Å². The molecule has 0 heterocycles. The lowest BCUT2D eigenvalue weighted by molar-refractivity contribution is -0.225. The summed E-state index contributed by atoms with van der Waals surface area (Å²) < 4.78 is 16.7. The van der Waals surface area contributed by atoms with Gasteiger partial charge < -0.3 is 10.5 Å². The Bertz CT molecular complexity index is 273. The van der Waals surface area contributed by atoms with Crippen LogP contribution in [0.1, 0.15) is 38.5 Å². The molecule has 3 aliphatic carbocycles. The zero-order valence-corrected chi connectivity index (χ0v) is 9.80. The van der Waals surface area contributed by atoms with Crippen LogP contribution in [0.25, 0.3) is 0 Å². The number of hydrogen-bond donors (Lipinski definition) is 1. The minimum atomic E-state index is -0.458. The van der Waals surface area contributed by atoms with Gasteiger partial charge in [0.25, 0.3) is 0 Å². The van der Waals surface area contributed by atoms with Crippen molar-refractivity contribution in [2.24, 2.45) is 16.6 Å². The van der Waals surface area contributed by atoms with Crippen LogP contribution in [0.2, 0.25) is 0 Å². The maximum atomic E-state index is 12.0. The third kappa shape index (κ3) is 1.63. The molecule has 3 nitrogen and oxygen atoms in total. The largest absolute Gasteiger partial charge is 0.468 e. The Kier molecular flexibility index (Phi) is 2.95. The summed E-state index contributed by atoms with van der Waals surface area (Å²) in [6.07, 6.45) is 5.80. The first-order valence-corrected chi connectivity index (χ1v) is 5.97. The number of unbranched alkanes of at least 4 members (excludes halogenated alkanes) is 1. The molecule has 2 bridgehead atoms. The second-order valence-electron chi connectivity index (χ2n) is 5.54. The molecule has 4 heteroatoms. The van der Waals surface area contributed by atoms with Crippen LogP contribution in [0.3, 0.4) is 0 Å². The Labute approximate surface area is 95.5 Å². The Morgan fingerprint density at radius 1 is 1.44 bits per heavy atom. The minimum Gasteiger partial charge on any atom is -0.468 e. The summed E-state index contributed by atoms with van der Waals surface area (Å²) >= 11 is 0. The second-order valence-corrected chi connectivity index (χ2v) is 5.54. The summed E-state index contributed by atoms with van der Waals surface area (Å²) in [6.45, 7) is -0.219. The van der Waals surface area contributed by atoms with Gasteiger partial charge in [-0.05, 0) is 42.9 Å². The van der Waals surface area contributed by atoms with E-state index in [1.807, 2.05) is 0 Å². The molecule has 0 aromatic carbocycles. The highest BCUT2D eigenvalue weighted by atomic mass is 19.1. The molecule has 0 amide bonds. The van der Waals surface area contributed by atoms with Crippen LogP contribution < -0.4 is 5.73 Å². The molecular formula is C12H20FNO2. The van der Waals surface area contributed by atoms with E-state index in [2.05, 4.69) is 4.74 Å². The summed E-state index contributed by atoms with van der Waals surface area (Å²) in [5.74, 6) is -0.294. The zero-order chi connectivity index (χ0) is 11.8. The molecule has 0 aromatic heterocycles. The summed E-state index contributed by atoms with van der Waals surface area (Å²) in [5, 5.41) is 0. The van der Waals surface area contributed by atoms with Gasteiger partial charge in [0, 0.05) is 0 Å². The summed E-state index contributed by atoms with van der Waals surface area (Å²) in [7, 11) is 1.38. The van der Waals surface area contributed by atoms with Gasteiger partial charge in [-0.1, -0.05) is 6.42 Å². The molecule has 0 aromatic rings. The number of hydrogen-bond acceptors (Lipinski definition) is 3. The van der Waals surface area contributed by atoms with Gasteiger partial charge in [-0.15, -0.1) is 0 Å². The molecule has 0 aliphatic heterocycles. The molecule has 3 aliphatic rings. The van der Waals surface area contributed by atoms with Gasteiger partial charge in [-0.3, -0.25) is 9.18 Å². The number of alkyl halides is 1. The fourth-order valence-electron chi connectivity index (χ4n) is 3.65. The number of esters is 1. The van der Waals surface area contributed by atoms with E-state index in [0.717, 1.165) is 32.1 Å². The number of nitrogens with two attached hydrogens (primary N) is 1. The topological polar surface area (TPSA) is 52.3 Å². The van der Waals surface area contributed by atoms with Crippen LogP contribution in [-0.2, 0) is 9.53 Å². The molecule has 2 N–H and O–H groups in total. The van der Waals surface area contributed by atoms with Gasteiger partial charge in [0.15, 0.2) is 0 Å². The van der Waals surface area contributed by atoms with Crippen molar-refractivity contribution in [1.29, 1.82) is 0 Å². The second kappa shape index (κ2) is 3.99. The molecule has 92 valence electrons. The van der Waals surface area contributed by atoms with Crippen molar-refractivity contribution < 1.29 is 13.9 Å². The van der Waals surface area contributed by atoms with Crippen molar-refractivity contribution in [3.05, 3.63) is 0 Å². The van der Waals surface area contributed by atoms with Gasteiger partial charge in [0.2, 0.25) is 0 Å². The Morgan fingerprint density at radius 2 is 2.06 bits per heavy atom. The molecule has 3 saturated carbocycles. The van der Waals surface area contributed by atoms with Crippen molar-refractivity contribution >= 4 is 5.97 Å². The fraction of sp³-hybridized carbons (Fsp3) is 0.917. The van der Waals surface area contributed by atoms with Gasteiger partial charge in [-0.2, -0.15) is 0 Å². The Balaban J connectivity index is 1.77. The monoisotopic (exact) mass is 229 g/mol. The normalized spacial score (nSPS) is 37.2. The van der Waals surface area contributed by atoms with Crippen molar-refractivity contribution in [2.75, 3.05) is 13.8 Å². The number of ether oxygens (including phenoxy) is 1. The lowest BCUT2D eigenvalue weighted by Gasteiger charge is -2.72. The van der Waals surface area contributed by atoms with Crippen LogP contribution in [0.5, 0.6) is 0 Å². The Morgan fingerprint density at radius 3 is 2.56 bits per heavy atom. The first-order chi connectivity index (χ1) is 7.57. The molecular weight excluding hydrogens is 209 g/mol. The lowest BCUT2D eigenvalue weighted by Crippen LogP contribution is -2.70. The highest BCUT2D eigenvalue weighted by Gasteiger charge is 2.70. The summed E-state index contributed by atoms with van der Waals surface area (Å²) in [5.41, 5.74) is 6.29. The Hall–Kier alpha value is -0.640. The molecule has 3 fully saturated rings. The molecule has 16 heavy (non-hydrogen) atoms. The third-order valence-electron chi connectivity index (χ3n) is 4.39. The standard InChI is InChI=1S/C12H20FNO2/c1-16-10(15)9(14)12-6-11(7-12,8-12)4-2-3-5-13/h9H,2-8,14H2,1H3. The van der Waals surface area contributed by atoms with Gasteiger partial charge in [-0.25, -0.2) is 0 Å². The van der Waals surface area contributed by atoms with Gasteiger partial charge in [0.1, 0.15) is 6.04 Å². The van der Waals surface area contributed by atoms with E-state index in [4.69, 9.17) is 5.73 Å². The fourth-order valence-corrected chi connectivity index (χ4v) is 3.65. The van der Waals surface area contributed by atoms with Crippen molar-refractivity contribution in [2.45, 2.75) is 44.6 Å².